The van der Waals surface area contributed by atoms with Crippen LogP contribution in [0.5, 0.6) is 0 Å². The molecule has 2 aliphatic carbocycles. The molecule has 0 aliphatic heterocycles. The molecule has 1 N–H and O–H groups in total. The van der Waals surface area contributed by atoms with Crippen molar-refractivity contribution in [2.75, 3.05) is 0 Å². The highest BCUT2D eigenvalue weighted by atomic mass is 16.1. The summed E-state index contributed by atoms with van der Waals surface area (Å²) in [7, 11) is 0. The predicted octanol–water partition coefficient (Wildman–Crippen LogP) is 3.44. The zero-order valence-electron chi connectivity index (χ0n) is 13.7. The maximum absolute atomic E-state index is 11.6. The van der Waals surface area contributed by atoms with E-state index < -0.39 is 0 Å². The maximum atomic E-state index is 11.6. The summed E-state index contributed by atoms with van der Waals surface area (Å²) in [4.78, 5) is 11.6. The van der Waals surface area contributed by atoms with Gasteiger partial charge in [0.15, 0.2) is 0 Å². The predicted molar refractivity (Wildman–Crippen MR) is 83.9 cm³/mol. The third-order valence-electron chi connectivity index (χ3n) is 5.66. The molecule has 0 bridgehead atoms. The largest absolute Gasteiger partial charge is 0.329 e. The zero-order chi connectivity index (χ0) is 16.5. The van der Waals surface area contributed by atoms with Crippen molar-refractivity contribution in [2.45, 2.75) is 47.0 Å². The zero-order valence-corrected chi connectivity index (χ0v) is 13.7. The van der Waals surface area contributed by atoms with Gasteiger partial charge in [-0.25, -0.2) is 0 Å². The van der Waals surface area contributed by atoms with Gasteiger partial charge in [-0.1, -0.05) is 20.8 Å². The van der Waals surface area contributed by atoms with Crippen LogP contribution < -0.4 is 5.32 Å². The highest BCUT2D eigenvalue weighted by Gasteiger charge is 2.50. The normalized spacial score (nSPS) is 33.5. The Balaban J connectivity index is 2.50. The molecule has 0 saturated heterocycles. The van der Waals surface area contributed by atoms with Gasteiger partial charge >= 0.3 is 0 Å². The van der Waals surface area contributed by atoms with Crippen LogP contribution in [0.25, 0.3) is 0 Å². The average Bonchev–Trinajstić information content (AvgIpc) is 2.74. The molecule has 4 heteroatoms. The van der Waals surface area contributed by atoms with Crippen LogP contribution in [0.1, 0.15) is 47.0 Å². The number of nitrogens with one attached hydrogen (secondary N) is 1. The summed E-state index contributed by atoms with van der Waals surface area (Å²) in [6, 6.07) is 3.84. The SMILES string of the molecule is CC(=O)NC1=C(C=C(C#N)C#N)CC2C(C)C(C)CC[C@]12C. The van der Waals surface area contributed by atoms with Crippen LogP contribution in [0.4, 0.5) is 0 Å². The molecular weight excluding hydrogens is 274 g/mol. The molecule has 0 radical (unpaired) electrons. The minimum Gasteiger partial charge on any atom is -0.329 e. The van der Waals surface area contributed by atoms with Crippen LogP contribution in [0.2, 0.25) is 0 Å². The summed E-state index contributed by atoms with van der Waals surface area (Å²) < 4.78 is 0. The first-order valence-electron chi connectivity index (χ1n) is 7.86. The minimum atomic E-state index is -0.0930. The first-order chi connectivity index (χ1) is 10.3. The fourth-order valence-electron chi connectivity index (χ4n) is 4.17. The van der Waals surface area contributed by atoms with Gasteiger partial charge in [0.25, 0.3) is 0 Å². The summed E-state index contributed by atoms with van der Waals surface area (Å²) in [6.45, 7) is 8.28. The quantitative estimate of drug-likeness (QED) is 0.793. The van der Waals surface area contributed by atoms with Crippen molar-refractivity contribution >= 4 is 5.91 Å². The highest BCUT2D eigenvalue weighted by Crippen LogP contribution is 2.57. The standard InChI is InChI=1S/C18H23N3O/c1-11-5-6-18(4)16(12(11)2)8-15(7-14(9-19)10-20)17(18)21-13(3)22/h7,11-12,16H,5-6,8H2,1-4H3,(H,21,22)/t11?,12?,16?,18-/m0/s1. The molecule has 0 spiro atoms. The van der Waals surface area contributed by atoms with Gasteiger partial charge in [-0.3, -0.25) is 4.79 Å². The first kappa shape index (κ1) is 16.3. The Labute approximate surface area is 132 Å². The van der Waals surface area contributed by atoms with Crippen LogP contribution in [-0.4, -0.2) is 5.91 Å². The Kier molecular flexibility index (Phi) is 4.42. The first-order valence-corrected chi connectivity index (χ1v) is 7.86. The minimum absolute atomic E-state index is 0.0700. The number of carbonyl (C=O) groups is 1. The second kappa shape index (κ2) is 5.97. The van der Waals surface area contributed by atoms with E-state index in [0.717, 1.165) is 30.5 Å². The van der Waals surface area contributed by atoms with Crippen LogP contribution in [0.15, 0.2) is 22.9 Å². The lowest BCUT2D eigenvalue weighted by molar-refractivity contribution is -0.118. The number of hydrogen-bond donors (Lipinski definition) is 1. The molecule has 0 aromatic carbocycles. The fourth-order valence-corrected chi connectivity index (χ4v) is 4.17. The van der Waals surface area contributed by atoms with Gasteiger partial charge in [0.2, 0.25) is 5.91 Å². The molecule has 2 aliphatic rings. The average molecular weight is 297 g/mol. The molecule has 1 amide bonds. The number of rotatable bonds is 2. The molecule has 0 aromatic rings. The Bertz CT molecular complexity index is 616. The van der Waals surface area contributed by atoms with Gasteiger partial charge in [-0.05, 0) is 48.7 Å². The summed E-state index contributed by atoms with van der Waals surface area (Å²) in [6.07, 6.45) is 4.65. The van der Waals surface area contributed by atoms with Crippen LogP contribution in [-0.2, 0) is 4.79 Å². The van der Waals surface area contributed by atoms with Crippen molar-refractivity contribution < 1.29 is 4.79 Å². The van der Waals surface area contributed by atoms with E-state index in [4.69, 9.17) is 10.5 Å². The van der Waals surface area contributed by atoms with Gasteiger partial charge in [0, 0.05) is 18.0 Å². The Morgan fingerprint density at radius 2 is 2.00 bits per heavy atom. The second-order valence-corrected chi connectivity index (χ2v) is 6.97. The Morgan fingerprint density at radius 1 is 1.36 bits per heavy atom. The van der Waals surface area contributed by atoms with Crippen molar-refractivity contribution in [3.8, 4) is 12.1 Å². The molecular formula is C18H23N3O. The molecule has 0 aromatic heterocycles. The number of nitriles is 2. The van der Waals surface area contributed by atoms with Crippen molar-refractivity contribution in [1.29, 1.82) is 10.5 Å². The lowest BCUT2D eigenvalue weighted by Gasteiger charge is -2.45. The van der Waals surface area contributed by atoms with E-state index >= 15 is 0 Å². The third kappa shape index (κ3) is 2.66. The monoisotopic (exact) mass is 297 g/mol. The Hall–Kier alpha value is -2.07. The molecule has 116 valence electrons. The smallest absolute Gasteiger partial charge is 0.221 e. The molecule has 4 atom stereocenters. The van der Waals surface area contributed by atoms with E-state index in [0.29, 0.717) is 17.8 Å². The molecule has 1 fully saturated rings. The van der Waals surface area contributed by atoms with Gasteiger partial charge in [0.05, 0.1) is 0 Å². The molecule has 4 nitrogen and oxygen atoms in total. The van der Waals surface area contributed by atoms with Gasteiger partial charge < -0.3 is 5.32 Å². The summed E-state index contributed by atoms with van der Waals surface area (Å²) in [5, 5.41) is 21.0. The molecule has 1 saturated carbocycles. The number of amides is 1. The van der Waals surface area contributed by atoms with Crippen LogP contribution in [0.3, 0.4) is 0 Å². The second-order valence-electron chi connectivity index (χ2n) is 6.97. The summed E-state index contributed by atoms with van der Waals surface area (Å²) in [5.74, 6) is 1.57. The van der Waals surface area contributed by atoms with Crippen molar-refractivity contribution in [3.05, 3.63) is 22.9 Å². The van der Waals surface area contributed by atoms with E-state index in [1.165, 1.54) is 6.92 Å². The fraction of sp³-hybridized carbons (Fsp3) is 0.611. The number of fused-ring (bicyclic) bond motifs is 1. The van der Waals surface area contributed by atoms with E-state index in [1.807, 2.05) is 12.1 Å². The number of allylic oxidation sites excluding steroid dienone is 4. The van der Waals surface area contributed by atoms with Crippen molar-refractivity contribution in [2.24, 2.45) is 23.2 Å². The Morgan fingerprint density at radius 3 is 2.55 bits per heavy atom. The molecule has 2 rings (SSSR count). The van der Waals surface area contributed by atoms with E-state index in [2.05, 4.69) is 26.1 Å². The van der Waals surface area contributed by atoms with Crippen molar-refractivity contribution in [3.63, 3.8) is 0 Å². The lowest BCUT2D eigenvalue weighted by atomic mass is 9.60. The molecule has 3 unspecified atom stereocenters. The lowest BCUT2D eigenvalue weighted by Crippen LogP contribution is -2.41. The molecule has 22 heavy (non-hydrogen) atoms. The van der Waals surface area contributed by atoms with Crippen LogP contribution >= 0.6 is 0 Å². The summed E-state index contributed by atoms with van der Waals surface area (Å²) >= 11 is 0. The topological polar surface area (TPSA) is 76.7 Å². The van der Waals surface area contributed by atoms with Gasteiger partial charge in [0.1, 0.15) is 17.7 Å². The number of nitrogens with zero attached hydrogens (tertiary/aromatic N) is 2. The highest BCUT2D eigenvalue weighted by molar-refractivity contribution is 5.76. The number of hydrogen-bond acceptors (Lipinski definition) is 3. The van der Waals surface area contributed by atoms with E-state index in [-0.39, 0.29) is 16.9 Å². The van der Waals surface area contributed by atoms with Gasteiger partial charge in [-0.2, -0.15) is 10.5 Å². The van der Waals surface area contributed by atoms with Crippen LogP contribution in [0, 0.1) is 45.8 Å². The van der Waals surface area contributed by atoms with E-state index in [1.54, 1.807) is 6.08 Å². The third-order valence-corrected chi connectivity index (χ3v) is 5.66. The number of carbonyl (C=O) groups excluding carboxylic acids is 1. The van der Waals surface area contributed by atoms with Crippen molar-refractivity contribution in [1.82, 2.24) is 5.32 Å². The summed E-state index contributed by atoms with van der Waals surface area (Å²) in [5.41, 5.74) is 1.90. The molecule has 0 heterocycles. The maximum Gasteiger partial charge on any atom is 0.221 e. The van der Waals surface area contributed by atoms with Gasteiger partial charge in [-0.15, -0.1) is 0 Å². The van der Waals surface area contributed by atoms with E-state index in [9.17, 15) is 4.79 Å².